The first-order valence-electron chi connectivity index (χ1n) is 34.7. The lowest BCUT2D eigenvalue weighted by molar-refractivity contribution is -0.0295. The van der Waals surface area contributed by atoms with Gasteiger partial charge in [-0.15, -0.1) is 0 Å². The normalized spacial score (nSPS) is 14.4. The minimum Gasteiger partial charge on any atom is -0.444 e. The number of hydrogen-bond acceptors (Lipinski definition) is 15. The van der Waals surface area contributed by atoms with E-state index in [-0.39, 0.29) is 12.1 Å². The molecule has 92 heavy (non-hydrogen) atoms. The van der Waals surface area contributed by atoms with Crippen LogP contribution in [0.3, 0.4) is 0 Å². The molecule has 4 unspecified atom stereocenters. The van der Waals surface area contributed by atoms with E-state index in [0.717, 1.165) is 177 Å². The second-order valence-corrected chi connectivity index (χ2v) is 28.0. The average molecular weight is 1290 g/mol. The van der Waals surface area contributed by atoms with Crippen molar-refractivity contribution in [3.05, 3.63) is 106 Å². The fourth-order valence-corrected chi connectivity index (χ4v) is 10.8. The van der Waals surface area contributed by atoms with E-state index < -0.39 is 64.2 Å². The minimum absolute atomic E-state index is 0.0463. The third kappa shape index (κ3) is 43.4. The van der Waals surface area contributed by atoms with Crippen LogP contribution in [-0.4, -0.2) is 116 Å². The molecule has 0 spiro atoms. The SMILES string of the molecule is CC(C)(C)OC(=O)OC(=O)OC(C)(C)C.CCCC(O)(CCC)CCc1cccc(C(O)CCN)c1.CCCC(O)(CCC)CCc1cccc(C(O)CCNC(=O)OC(C)(C)C)c1.CCCCC(O)c1cccc(CCC(O)(CCC)CCC)c1.[B]C1CCCO1. The summed E-state index contributed by atoms with van der Waals surface area (Å²) in [5.74, 6) is 0. The molecule has 0 saturated carbocycles. The molecule has 4 atom stereocenters. The number of aliphatic hydroxyl groups excluding tert-OH is 3. The highest BCUT2D eigenvalue weighted by Crippen LogP contribution is 2.30. The largest absolute Gasteiger partial charge is 0.519 e. The smallest absolute Gasteiger partial charge is 0.444 e. The number of carbonyl (C=O) groups is 3. The van der Waals surface area contributed by atoms with Gasteiger partial charge in [-0.25, -0.2) is 14.4 Å². The molecule has 1 amide bonds. The lowest BCUT2D eigenvalue weighted by Crippen LogP contribution is -2.33. The van der Waals surface area contributed by atoms with Gasteiger partial charge in [-0.3, -0.25) is 0 Å². The highest BCUT2D eigenvalue weighted by atomic mass is 16.8. The maximum Gasteiger partial charge on any atom is 0.519 e. The Hall–Kier alpha value is -4.59. The molecule has 0 aliphatic carbocycles. The maximum absolute atomic E-state index is 11.7. The van der Waals surface area contributed by atoms with Gasteiger partial charge in [-0.1, -0.05) is 173 Å². The quantitative estimate of drug-likeness (QED) is 0.0125. The standard InChI is InChI=1S/C23H39NO4.C20H34O2.C18H31NO2.C10H18O5.C4H7BO/c1-6-13-23(27,14-7-2)15-11-18-9-8-10-19(17-18)20(25)12-16-24-21(26)28-22(3,4)5;1-4-7-11-19(21)18-10-8-9-17(16-18)12-15-20(22,13-5-2)14-6-3;1-3-10-18(21,11-4-2)12-8-15-6-5-7-16(14-15)17(20)9-13-19;1-9(2,3)14-7(11)13-8(12)15-10(4,5)6;5-4-2-1-3-6-4/h8-10,17,20,25,27H,6-7,11-16H2,1-5H3,(H,24,26);8-10,16,19,21-22H,4-7,11-15H2,1-3H3;5-7,14,17,20-21H,3-4,8-13,19H2,1-2H3;1-6H3;4H,1-3H2. The first kappa shape index (κ1) is 87.4. The number of nitrogens with one attached hydrogen (secondary N) is 1. The van der Waals surface area contributed by atoms with Gasteiger partial charge in [0.25, 0.3) is 0 Å². The summed E-state index contributed by atoms with van der Waals surface area (Å²) in [4.78, 5) is 33.7. The van der Waals surface area contributed by atoms with Crippen molar-refractivity contribution in [2.75, 3.05) is 19.7 Å². The number of aryl methyl sites for hydroxylation is 3. The van der Waals surface area contributed by atoms with Gasteiger partial charge in [0, 0.05) is 19.2 Å². The second-order valence-electron chi connectivity index (χ2n) is 28.0. The Morgan fingerprint density at radius 3 is 1.13 bits per heavy atom. The maximum atomic E-state index is 11.7. The summed E-state index contributed by atoms with van der Waals surface area (Å²) in [7, 11) is 5.31. The Morgan fingerprint density at radius 1 is 0.522 bits per heavy atom. The zero-order chi connectivity index (χ0) is 70.0. The molecule has 526 valence electrons. The van der Waals surface area contributed by atoms with Gasteiger partial charge in [0.2, 0.25) is 0 Å². The van der Waals surface area contributed by atoms with Crippen LogP contribution >= 0.6 is 0 Å². The van der Waals surface area contributed by atoms with Crippen LogP contribution in [0.15, 0.2) is 72.8 Å². The second kappa shape index (κ2) is 46.5. The Labute approximate surface area is 558 Å². The van der Waals surface area contributed by atoms with Gasteiger partial charge in [0.1, 0.15) is 24.6 Å². The number of aliphatic hydroxyl groups is 6. The van der Waals surface area contributed by atoms with E-state index in [4.69, 9.17) is 32.5 Å². The summed E-state index contributed by atoms with van der Waals surface area (Å²) in [5, 5.41) is 65.5. The number of nitrogens with two attached hydrogens (primary N) is 1. The number of ether oxygens (including phenoxy) is 5. The van der Waals surface area contributed by atoms with Gasteiger partial charge < -0.3 is 65.4 Å². The van der Waals surface area contributed by atoms with Crippen LogP contribution < -0.4 is 11.1 Å². The minimum atomic E-state index is -1.06. The van der Waals surface area contributed by atoms with E-state index in [1.807, 2.05) is 75.4 Å². The highest BCUT2D eigenvalue weighted by molar-refractivity contribution is 6.11. The molecule has 9 N–H and O–H groups in total. The number of benzene rings is 3. The van der Waals surface area contributed by atoms with E-state index in [1.165, 1.54) is 11.1 Å². The number of unbranched alkanes of at least 4 members (excludes halogenated alkanes) is 1. The van der Waals surface area contributed by atoms with Crippen LogP contribution in [0, 0.1) is 0 Å². The zero-order valence-electron chi connectivity index (χ0n) is 60.1. The number of alkyl carbamates (subject to hydrolysis) is 1. The van der Waals surface area contributed by atoms with Crippen LogP contribution in [0.2, 0.25) is 0 Å². The molecule has 1 heterocycles. The van der Waals surface area contributed by atoms with Gasteiger partial charge in [-0.2, -0.15) is 0 Å². The Kier molecular flexibility index (Phi) is 44.2. The summed E-state index contributed by atoms with van der Waals surface area (Å²) in [6.07, 6.45) is 18.0. The first-order valence-corrected chi connectivity index (χ1v) is 34.7. The zero-order valence-corrected chi connectivity index (χ0v) is 60.1. The lowest BCUT2D eigenvalue weighted by atomic mass is 9.86. The van der Waals surface area contributed by atoms with Gasteiger partial charge in [-0.05, 0) is 211 Å². The molecule has 0 aromatic heterocycles. The predicted octanol–water partition coefficient (Wildman–Crippen LogP) is 16.6. The van der Waals surface area contributed by atoms with Crippen molar-refractivity contribution >= 4 is 26.3 Å². The number of carbonyl (C=O) groups excluding carboxylic acids is 3. The molecule has 1 saturated heterocycles. The molecule has 3 aromatic carbocycles. The molecule has 2 radical (unpaired) electrons. The van der Waals surface area contributed by atoms with E-state index in [0.29, 0.717) is 25.9 Å². The lowest BCUT2D eigenvalue weighted by Gasteiger charge is -2.27. The van der Waals surface area contributed by atoms with Crippen LogP contribution in [0.5, 0.6) is 0 Å². The molecular formula is C75H129BN2O14. The average Bonchev–Trinajstić information content (AvgIpc) is 1.28. The summed E-state index contributed by atoms with van der Waals surface area (Å²) in [6.45, 7) is 32.0. The van der Waals surface area contributed by atoms with Crippen LogP contribution in [0.1, 0.15) is 304 Å². The fourth-order valence-electron chi connectivity index (χ4n) is 10.8. The third-order valence-electron chi connectivity index (χ3n) is 15.2. The van der Waals surface area contributed by atoms with E-state index in [9.17, 15) is 45.0 Å². The molecular weight excluding hydrogens is 1160 g/mol. The van der Waals surface area contributed by atoms with Crippen molar-refractivity contribution in [2.45, 2.75) is 329 Å². The van der Waals surface area contributed by atoms with Crippen LogP contribution in [0.4, 0.5) is 14.4 Å². The van der Waals surface area contributed by atoms with Crippen molar-refractivity contribution in [1.82, 2.24) is 5.32 Å². The summed E-state index contributed by atoms with van der Waals surface area (Å²) >= 11 is 0. The molecule has 16 nitrogen and oxygen atoms in total. The molecule has 1 fully saturated rings. The third-order valence-corrected chi connectivity index (χ3v) is 15.2. The molecule has 17 heteroatoms. The topological polar surface area (TPSA) is 257 Å². The molecule has 1 aliphatic rings. The van der Waals surface area contributed by atoms with Gasteiger partial charge in [0.15, 0.2) is 0 Å². The number of hydrogen-bond donors (Lipinski definition) is 8. The highest BCUT2D eigenvalue weighted by Gasteiger charge is 2.28. The van der Waals surface area contributed by atoms with Gasteiger partial charge >= 0.3 is 18.4 Å². The number of amides is 1. The van der Waals surface area contributed by atoms with E-state index in [2.05, 4.69) is 76.7 Å². The summed E-state index contributed by atoms with van der Waals surface area (Å²) < 4.78 is 23.9. The van der Waals surface area contributed by atoms with Crippen molar-refractivity contribution < 1.29 is 68.7 Å². The molecule has 0 bridgehead atoms. The Balaban J connectivity index is 0.00000118. The predicted molar refractivity (Wildman–Crippen MR) is 374 cm³/mol. The Morgan fingerprint density at radius 2 is 0.859 bits per heavy atom. The van der Waals surface area contributed by atoms with E-state index in [1.54, 1.807) is 41.5 Å². The molecule has 3 aromatic rings. The number of rotatable bonds is 32. The van der Waals surface area contributed by atoms with Crippen molar-refractivity contribution in [1.29, 1.82) is 0 Å². The fraction of sp³-hybridized carbons (Fsp3) is 0.720. The summed E-state index contributed by atoms with van der Waals surface area (Å²) in [5.41, 5.74) is 8.17. The molecule has 1 aliphatic heterocycles. The van der Waals surface area contributed by atoms with Crippen molar-refractivity contribution in [3.63, 3.8) is 0 Å². The van der Waals surface area contributed by atoms with E-state index >= 15 is 0 Å². The Bertz CT molecular complexity index is 2370. The van der Waals surface area contributed by atoms with Crippen LogP contribution in [0.25, 0.3) is 0 Å². The van der Waals surface area contributed by atoms with Gasteiger partial charge in [0.05, 0.1) is 35.1 Å². The monoisotopic (exact) mass is 1290 g/mol. The first-order chi connectivity index (χ1) is 43.1. The summed E-state index contributed by atoms with van der Waals surface area (Å²) in [6, 6.07) is 24.2. The van der Waals surface area contributed by atoms with Crippen molar-refractivity contribution in [3.8, 4) is 0 Å². The van der Waals surface area contributed by atoms with Crippen LogP contribution in [-0.2, 0) is 42.9 Å². The van der Waals surface area contributed by atoms with Crippen molar-refractivity contribution in [2.24, 2.45) is 5.73 Å². The molecule has 4 rings (SSSR count).